The first-order valence-corrected chi connectivity index (χ1v) is 10.7. The molecule has 9 heteroatoms. The van der Waals surface area contributed by atoms with Crippen molar-refractivity contribution in [2.24, 2.45) is 0 Å². The minimum Gasteiger partial charge on any atom is -0.343 e. The molecular weight excluding hydrogens is 394 g/mol. The Bertz CT molecular complexity index is 1320. The average molecular weight is 419 g/mol. The van der Waals surface area contributed by atoms with E-state index in [0.717, 1.165) is 40.8 Å². The number of likely N-dealkylation sites (tertiary alicyclic amines) is 1. The van der Waals surface area contributed by atoms with Gasteiger partial charge in [0, 0.05) is 36.9 Å². The summed E-state index contributed by atoms with van der Waals surface area (Å²) in [5.74, 6) is 0.724. The third kappa shape index (κ3) is 3.39. The number of imidazole rings is 1. The zero-order valence-electron chi connectivity index (χ0n) is 17.7. The van der Waals surface area contributed by atoms with E-state index in [4.69, 9.17) is 0 Å². The van der Waals surface area contributed by atoms with Gasteiger partial charge in [0.15, 0.2) is 0 Å². The molecule has 0 bridgehead atoms. The number of amides is 1. The summed E-state index contributed by atoms with van der Waals surface area (Å²) in [6, 6.07) is 7.86. The smallest absolute Gasteiger partial charge is 0.326 e. The van der Waals surface area contributed by atoms with E-state index in [-0.39, 0.29) is 17.6 Å². The highest BCUT2D eigenvalue weighted by atomic mass is 16.2. The maximum atomic E-state index is 12.9. The number of fused-ring (bicyclic) bond motifs is 2. The number of hydrogen-bond donors (Lipinski definition) is 1. The lowest BCUT2D eigenvalue weighted by Gasteiger charge is -2.32. The molecule has 3 aromatic heterocycles. The van der Waals surface area contributed by atoms with Crippen molar-refractivity contribution in [3.63, 3.8) is 0 Å². The van der Waals surface area contributed by atoms with Crippen LogP contribution in [0.3, 0.4) is 0 Å². The molecular formula is C22H25N7O2. The number of aryl methyl sites for hydroxylation is 2. The van der Waals surface area contributed by atoms with Gasteiger partial charge in [-0.15, -0.1) is 0 Å². The monoisotopic (exact) mass is 419 g/mol. The molecule has 0 radical (unpaired) electrons. The molecule has 1 saturated heterocycles. The van der Waals surface area contributed by atoms with Crippen LogP contribution in [0.5, 0.6) is 0 Å². The Hall–Kier alpha value is -3.49. The molecule has 1 aliphatic rings. The molecule has 0 atom stereocenters. The number of hydrogen-bond acceptors (Lipinski definition) is 5. The number of aromatic amines is 1. The fourth-order valence-electron chi connectivity index (χ4n) is 4.72. The summed E-state index contributed by atoms with van der Waals surface area (Å²) < 4.78 is 3.57. The van der Waals surface area contributed by atoms with E-state index in [1.807, 2.05) is 47.6 Å². The molecule has 31 heavy (non-hydrogen) atoms. The number of para-hydroxylation sites is 2. The van der Waals surface area contributed by atoms with Gasteiger partial charge in [-0.25, -0.2) is 14.3 Å². The van der Waals surface area contributed by atoms with E-state index in [0.29, 0.717) is 31.7 Å². The number of piperidine rings is 1. The largest absolute Gasteiger partial charge is 0.343 e. The Morgan fingerprint density at radius 3 is 2.77 bits per heavy atom. The Morgan fingerprint density at radius 1 is 1.19 bits per heavy atom. The van der Waals surface area contributed by atoms with Gasteiger partial charge in [0.1, 0.15) is 6.33 Å². The number of nitrogens with one attached hydrogen (secondary N) is 1. The zero-order valence-corrected chi connectivity index (χ0v) is 17.7. The normalized spacial score (nSPS) is 15.2. The summed E-state index contributed by atoms with van der Waals surface area (Å²) in [7, 11) is 0. The number of H-pyrrole nitrogens is 1. The molecule has 1 N–H and O–H groups in total. The van der Waals surface area contributed by atoms with Crippen molar-refractivity contribution < 1.29 is 4.79 Å². The Kier molecular flexibility index (Phi) is 4.80. The maximum Gasteiger partial charge on any atom is 0.326 e. The molecule has 160 valence electrons. The number of rotatable bonds is 4. The first-order chi connectivity index (χ1) is 15.0. The fraction of sp³-hybridized carbons (Fsp3) is 0.409. The number of benzene rings is 1. The topological polar surface area (TPSA) is 101 Å². The first kappa shape index (κ1) is 19.5. The molecule has 0 saturated carbocycles. The number of carbonyl (C=O) groups is 1. The van der Waals surface area contributed by atoms with E-state index in [2.05, 4.69) is 20.1 Å². The van der Waals surface area contributed by atoms with Crippen LogP contribution >= 0.6 is 0 Å². The van der Waals surface area contributed by atoms with Crippen LogP contribution in [-0.2, 0) is 11.2 Å². The van der Waals surface area contributed by atoms with Gasteiger partial charge in [-0.3, -0.25) is 9.36 Å². The SMILES string of the molecule is Cc1nc2ncnn2c(C)c1CCC(=O)N1CCC(n2c(=O)[nH]c3ccccc32)CC1. The second-order valence-electron chi connectivity index (χ2n) is 8.16. The van der Waals surface area contributed by atoms with E-state index >= 15 is 0 Å². The molecule has 0 spiro atoms. The minimum absolute atomic E-state index is 0.0760. The van der Waals surface area contributed by atoms with Crippen LogP contribution in [-0.4, -0.2) is 53.0 Å². The third-order valence-electron chi connectivity index (χ3n) is 6.38. The third-order valence-corrected chi connectivity index (χ3v) is 6.38. The van der Waals surface area contributed by atoms with Crippen molar-refractivity contribution in [2.75, 3.05) is 13.1 Å². The Balaban J connectivity index is 1.25. The summed E-state index contributed by atoms with van der Waals surface area (Å²) >= 11 is 0. The predicted octanol–water partition coefficient (Wildman–Crippen LogP) is 2.18. The van der Waals surface area contributed by atoms with Crippen molar-refractivity contribution in [2.45, 2.75) is 45.6 Å². The quantitative estimate of drug-likeness (QED) is 0.546. The van der Waals surface area contributed by atoms with Gasteiger partial charge < -0.3 is 9.88 Å². The van der Waals surface area contributed by atoms with E-state index in [9.17, 15) is 9.59 Å². The van der Waals surface area contributed by atoms with Crippen molar-refractivity contribution in [3.8, 4) is 0 Å². The highest BCUT2D eigenvalue weighted by molar-refractivity contribution is 5.77. The van der Waals surface area contributed by atoms with Gasteiger partial charge in [0.05, 0.1) is 11.0 Å². The van der Waals surface area contributed by atoms with Crippen molar-refractivity contribution in [1.29, 1.82) is 0 Å². The molecule has 1 aromatic carbocycles. The second-order valence-corrected chi connectivity index (χ2v) is 8.16. The van der Waals surface area contributed by atoms with Crippen LogP contribution in [0.25, 0.3) is 16.8 Å². The van der Waals surface area contributed by atoms with Gasteiger partial charge in [-0.1, -0.05) is 12.1 Å². The van der Waals surface area contributed by atoms with E-state index in [1.54, 1.807) is 4.52 Å². The summed E-state index contributed by atoms with van der Waals surface area (Å²) in [5, 5.41) is 4.22. The molecule has 5 rings (SSSR count). The maximum absolute atomic E-state index is 12.9. The van der Waals surface area contributed by atoms with Crippen LogP contribution in [0, 0.1) is 13.8 Å². The Labute approximate surface area is 178 Å². The molecule has 1 aliphatic heterocycles. The summed E-state index contributed by atoms with van der Waals surface area (Å²) in [6.07, 6.45) is 4.10. The average Bonchev–Trinajstić information content (AvgIpc) is 3.37. The van der Waals surface area contributed by atoms with Crippen molar-refractivity contribution in [3.05, 3.63) is 58.0 Å². The lowest BCUT2D eigenvalue weighted by atomic mass is 10.0. The summed E-state index contributed by atoms with van der Waals surface area (Å²) in [4.78, 5) is 38.8. The summed E-state index contributed by atoms with van der Waals surface area (Å²) in [6.45, 7) is 5.26. The van der Waals surface area contributed by atoms with E-state index < -0.39 is 0 Å². The molecule has 1 amide bonds. The van der Waals surface area contributed by atoms with Gasteiger partial charge in [0.2, 0.25) is 5.91 Å². The van der Waals surface area contributed by atoms with Crippen LogP contribution in [0.15, 0.2) is 35.4 Å². The van der Waals surface area contributed by atoms with Crippen LogP contribution < -0.4 is 5.69 Å². The highest BCUT2D eigenvalue weighted by Crippen LogP contribution is 2.25. The number of carbonyl (C=O) groups excluding carboxylic acids is 1. The minimum atomic E-state index is -0.0760. The molecule has 0 aliphatic carbocycles. The van der Waals surface area contributed by atoms with Crippen LogP contribution in [0.4, 0.5) is 0 Å². The Morgan fingerprint density at radius 2 is 1.97 bits per heavy atom. The highest BCUT2D eigenvalue weighted by Gasteiger charge is 2.26. The fourth-order valence-corrected chi connectivity index (χ4v) is 4.72. The summed E-state index contributed by atoms with van der Waals surface area (Å²) in [5.41, 5.74) is 4.63. The van der Waals surface area contributed by atoms with Crippen LogP contribution in [0.2, 0.25) is 0 Å². The van der Waals surface area contributed by atoms with E-state index in [1.165, 1.54) is 6.33 Å². The van der Waals surface area contributed by atoms with Gasteiger partial charge >= 0.3 is 5.69 Å². The molecule has 1 fully saturated rings. The molecule has 0 unspecified atom stereocenters. The molecule has 4 aromatic rings. The first-order valence-electron chi connectivity index (χ1n) is 10.7. The number of aromatic nitrogens is 6. The zero-order chi connectivity index (χ0) is 21.5. The second kappa shape index (κ2) is 7.64. The molecule has 4 heterocycles. The number of nitrogens with zero attached hydrogens (tertiary/aromatic N) is 6. The lowest BCUT2D eigenvalue weighted by Crippen LogP contribution is -2.40. The van der Waals surface area contributed by atoms with Gasteiger partial charge in [-0.2, -0.15) is 10.1 Å². The lowest BCUT2D eigenvalue weighted by molar-refractivity contribution is -0.132. The van der Waals surface area contributed by atoms with Crippen molar-refractivity contribution in [1.82, 2.24) is 34.0 Å². The van der Waals surface area contributed by atoms with Crippen LogP contribution in [0.1, 0.15) is 42.3 Å². The predicted molar refractivity (Wildman–Crippen MR) is 116 cm³/mol. The van der Waals surface area contributed by atoms with Gasteiger partial charge in [-0.05, 0) is 50.8 Å². The standard InChI is InChI=1S/C22H25N7O2/c1-14-17(15(2)29-21(25-14)23-13-24-29)7-8-20(30)27-11-9-16(10-12-27)28-19-6-4-3-5-18(19)26-22(28)31/h3-6,13,16H,7-12H2,1-2H3,(H,26,31). The molecule has 9 nitrogen and oxygen atoms in total. The van der Waals surface area contributed by atoms with Crippen molar-refractivity contribution >= 4 is 22.7 Å². The van der Waals surface area contributed by atoms with Gasteiger partial charge in [0.25, 0.3) is 5.78 Å².